The minimum Gasteiger partial charge on any atom is -0.377 e. The van der Waals surface area contributed by atoms with Gasteiger partial charge in [0.05, 0.1) is 42.4 Å². The van der Waals surface area contributed by atoms with Gasteiger partial charge in [0.1, 0.15) is 22.2 Å². The Kier molecular flexibility index (Phi) is 4.36. The first-order chi connectivity index (χ1) is 14.0. The second-order valence-corrected chi connectivity index (χ2v) is 9.09. The molecule has 0 unspecified atom stereocenters. The van der Waals surface area contributed by atoms with Gasteiger partial charge >= 0.3 is 0 Å². The van der Waals surface area contributed by atoms with Crippen LogP contribution in [0.3, 0.4) is 0 Å². The van der Waals surface area contributed by atoms with Gasteiger partial charge < -0.3 is 9.64 Å². The molecule has 2 fully saturated rings. The van der Waals surface area contributed by atoms with E-state index in [1.54, 1.807) is 6.20 Å². The highest BCUT2D eigenvalue weighted by atomic mass is 32.2. The van der Waals surface area contributed by atoms with E-state index in [-0.39, 0.29) is 17.2 Å². The van der Waals surface area contributed by atoms with Crippen LogP contribution in [0.4, 0.5) is 5.82 Å². The van der Waals surface area contributed by atoms with Gasteiger partial charge in [-0.15, -0.1) is 5.10 Å². The molecule has 1 aliphatic heterocycles. The summed E-state index contributed by atoms with van der Waals surface area (Å²) in [6, 6.07) is 4.18. The van der Waals surface area contributed by atoms with Crippen molar-refractivity contribution in [2.45, 2.75) is 38.1 Å². The van der Waals surface area contributed by atoms with Crippen molar-refractivity contribution < 1.29 is 13.2 Å². The molecule has 0 bridgehead atoms. The first-order valence-corrected chi connectivity index (χ1v) is 11.2. The molecule has 0 spiro atoms. The minimum absolute atomic E-state index is 0.157. The lowest BCUT2D eigenvalue weighted by Gasteiger charge is -2.34. The van der Waals surface area contributed by atoms with Crippen LogP contribution in [0.1, 0.15) is 31.0 Å². The minimum atomic E-state index is -2.47. The molecule has 0 amide bonds. The Bertz CT molecular complexity index is 1140. The summed E-state index contributed by atoms with van der Waals surface area (Å²) in [6.45, 7) is 6.06. The predicted molar refractivity (Wildman–Crippen MR) is 109 cm³/mol. The number of morpholine rings is 1. The number of fused-ring (bicyclic) bond motifs is 1. The molecule has 1 aliphatic carbocycles. The van der Waals surface area contributed by atoms with Gasteiger partial charge in [-0.3, -0.25) is 5.10 Å². The number of nitrogens with zero attached hydrogens (tertiary/aromatic N) is 5. The number of aromatic amines is 1. The van der Waals surface area contributed by atoms with Gasteiger partial charge in [0.25, 0.3) is 0 Å². The summed E-state index contributed by atoms with van der Waals surface area (Å²) in [5.74, 6) is 1.65. The van der Waals surface area contributed by atoms with Gasteiger partial charge in [-0.1, -0.05) is 0 Å². The summed E-state index contributed by atoms with van der Waals surface area (Å²) in [5.41, 5.74) is 3.18. The number of anilines is 1. The number of thiol groups is 1. The van der Waals surface area contributed by atoms with Gasteiger partial charge in [0.15, 0.2) is 5.82 Å². The van der Waals surface area contributed by atoms with Gasteiger partial charge in [-0.05, 0) is 44.4 Å². The maximum Gasteiger partial charge on any atom is 0.179 e. The van der Waals surface area contributed by atoms with Gasteiger partial charge in [-0.25, -0.2) is 17.9 Å². The summed E-state index contributed by atoms with van der Waals surface area (Å²) >= 11 is 0. The largest absolute Gasteiger partial charge is 0.377 e. The average molecular weight is 417 g/mol. The molecule has 1 saturated heterocycles. The summed E-state index contributed by atoms with van der Waals surface area (Å²) in [6.07, 6.45) is 3.51. The van der Waals surface area contributed by atoms with Crippen molar-refractivity contribution in [1.29, 1.82) is 0 Å². The highest BCUT2D eigenvalue weighted by molar-refractivity contribution is 7.72. The Balaban J connectivity index is 1.71. The SMILES string of the molecule is Cc1cc(-c2ncc3c(C4(C[SH](=O)=O)CC4)cc(N4CCOC[C@H]4C)nn23)[nH]n1. The van der Waals surface area contributed by atoms with Crippen molar-refractivity contribution in [2.24, 2.45) is 0 Å². The fourth-order valence-electron chi connectivity index (χ4n) is 4.23. The van der Waals surface area contributed by atoms with E-state index in [1.807, 2.05) is 17.5 Å². The molecular weight excluding hydrogens is 392 g/mol. The van der Waals surface area contributed by atoms with Crippen LogP contribution in [0.5, 0.6) is 0 Å². The first kappa shape index (κ1) is 18.6. The second-order valence-electron chi connectivity index (χ2n) is 8.11. The summed E-state index contributed by atoms with van der Waals surface area (Å²) in [4.78, 5) is 6.82. The third-order valence-corrected chi connectivity index (χ3v) is 6.82. The average Bonchev–Trinajstić information content (AvgIpc) is 3.12. The molecule has 1 N–H and O–H groups in total. The maximum atomic E-state index is 11.6. The molecule has 1 atom stereocenters. The van der Waals surface area contributed by atoms with Crippen LogP contribution in [-0.2, 0) is 20.9 Å². The standard InChI is InChI=1S/C19H24N6O3S/c1-12-7-15(22-21-12)18-20-9-16-14(19(3-4-19)11-29(26)27)8-17(23-25(16)18)24-5-6-28-10-13(24)2/h7-9,13,29H,3-6,10-11H2,1-2H3,(H,21,22)/t13-/m1/s1. The summed E-state index contributed by atoms with van der Waals surface area (Å²) in [5, 5.41) is 12.1. The normalized spacial score (nSPS) is 21.2. The highest BCUT2D eigenvalue weighted by Crippen LogP contribution is 2.50. The molecule has 154 valence electrons. The molecule has 2 aliphatic rings. The van der Waals surface area contributed by atoms with Crippen molar-refractivity contribution in [3.63, 3.8) is 0 Å². The Morgan fingerprint density at radius 3 is 2.83 bits per heavy atom. The van der Waals surface area contributed by atoms with Crippen LogP contribution in [0, 0.1) is 6.92 Å². The lowest BCUT2D eigenvalue weighted by Crippen LogP contribution is -2.44. The van der Waals surface area contributed by atoms with E-state index in [9.17, 15) is 8.42 Å². The molecule has 29 heavy (non-hydrogen) atoms. The number of aromatic nitrogens is 5. The van der Waals surface area contributed by atoms with Crippen LogP contribution >= 0.6 is 0 Å². The Morgan fingerprint density at radius 1 is 1.34 bits per heavy atom. The van der Waals surface area contributed by atoms with E-state index in [1.165, 1.54) is 0 Å². The zero-order chi connectivity index (χ0) is 20.2. The predicted octanol–water partition coefficient (Wildman–Crippen LogP) is 1.30. The topological polar surface area (TPSA) is 105 Å². The number of hydrogen-bond donors (Lipinski definition) is 2. The number of nitrogens with one attached hydrogen (secondary N) is 1. The van der Waals surface area contributed by atoms with E-state index in [4.69, 9.17) is 9.84 Å². The number of imidazole rings is 1. The summed E-state index contributed by atoms with van der Waals surface area (Å²) in [7, 11) is -2.47. The number of H-pyrrole nitrogens is 1. The second kappa shape index (κ2) is 6.81. The fourth-order valence-corrected chi connectivity index (χ4v) is 5.21. The Labute approximate surface area is 170 Å². The van der Waals surface area contributed by atoms with Crippen molar-refractivity contribution in [3.05, 3.63) is 29.6 Å². The van der Waals surface area contributed by atoms with Crippen LogP contribution in [0.15, 0.2) is 18.3 Å². The van der Waals surface area contributed by atoms with Gasteiger partial charge in [0, 0.05) is 12.0 Å². The van der Waals surface area contributed by atoms with Crippen molar-refractivity contribution in [1.82, 2.24) is 24.8 Å². The molecular formula is C19H24N6O3S. The first-order valence-electron chi connectivity index (χ1n) is 9.85. The molecule has 10 heteroatoms. The van der Waals surface area contributed by atoms with Gasteiger partial charge in [-0.2, -0.15) is 5.10 Å². The zero-order valence-corrected chi connectivity index (χ0v) is 17.4. The third kappa shape index (κ3) is 3.20. The van der Waals surface area contributed by atoms with Crippen molar-refractivity contribution in [3.8, 4) is 11.5 Å². The molecule has 0 radical (unpaired) electrons. The van der Waals surface area contributed by atoms with Gasteiger partial charge in [0.2, 0.25) is 0 Å². The monoisotopic (exact) mass is 416 g/mol. The molecule has 3 aromatic heterocycles. The van der Waals surface area contributed by atoms with E-state index >= 15 is 0 Å². The van der Waals surface area contributed by atoms with Crippen molar-refractivity contribution in [2.75, 3.05) is 30.4 Å². The van der Waals surface area contributed by atoms with Crippen LogP contribution in [-0.4, -0.2) is 64.8 Å². The highest BCUT2D eigenvalue weighted by Gasteiger charge is 2.47. The van der Waals surface area contributed by atoms with E-state index < -0.39 is 10.7 Å². The van der Waals surface area contributed by atoms with Crippen LogP contribution < -0.4 is 4.90 Å². The molecule has 3 aromatic rings. The lowest BCUT2D eigenvalue weighted by atomic mass is 9.98. The third-order valence-electron chi connectivity index (χ3n) is 5.96. The van der Waals surface area contributed by atoms with Crippen LogP contribution in [0.2, 0.25) is 0 Å². The molecule has 5 rings (SSSR count). The van der Waals surface area contributed by atoms with Crippen molar-refractivity contribution >= 4 is 22.0 Å². The Hall–Kier alpha value is -2.46. The smallest absolute Gasteiger partial charge is 0.179 e. The lowest BCUT2D eigenvalue weighted by molar-refractivity contribution is 0.0984. The zero-order valence-electron chi connectivity index (χ0n) is 16.5. The van der Waals surface area contributed by atoms with E-state index in [0.717, 1.165) is 47.7 Å². The number of hydrogen-bond acceptors (Lipinski definition) is 7. The van der Waals surface area contributed by atoms with E-state index in [0.29, 0.717) is 19.0 Å². The van der Waals surface area contributed by atoms with Crippen LogP contribution in [0.25, 0.3) is 17.0 Å². The van der Waals surface area contributed by atoms with E-state index in [2.05, 4.69) is 33.1 Å². The molecule has 0 aromatic carbocycles. The maximum absolute atomic E-state index is 11.6. The molecule has 9 nitrogen and oxygen atoms in total. The molecule has 4 heterocycles. The fraction of sp³-hybridized carbons (Fsp3) is 0.526. The summed E-state index contributed by atoms with van der Waals surface area (Å²) < 4.78 is 30.6. The molecule has 1 saturated carbocycles. The number of ether oxygens (including phenoxy) is 1. The number of rotatable bonds is 5. The number of aryl methyl sites for hydroxylation is 1. The quantitative estimate of drug-likeness (QED) is 0.604. The Morgan fingerprint density at radius 2 is 2.17 bits per heavy atom.